The van der Waals surface area contributed by atoms with E-state index in [1.54, 1.807) is 29.7 Å². The number of rotatable bonds is 1. The molecule has 0 aliphatic carbocycles. The second kappa shape index (κ2) is 6.58. The Morgan fingerprint density at radius 3 is 2.21 bits per heavy atom. The van der Waals surface area contributed by atoms with Gasteiger partial charge in [-0.1, -0.05) is 6.07 Å². The molecule has 0 saturated heterocycles. The molecule has 168 valence electrons. The molecule has 0 aliphatic heterocycles. The lowest BCUT2D eigenvalue weighted by molar-refractivity contribution is 0.403. The van der Waals surface area contributed by atoms with Crippen LogP contribution in [0.15, 0.2) is 63.9 Å². The predicted octanol–water partition coefficient (Wildman–Crippen LogP) is 4.86. The average Bonchev–Trinajstić information content (AvgIpc) is 3.14. The molecule has 3 aromatic carbocycles. The van der Waals surface area contributed by atoms with Crippen molar-refractivity contribution in [1.82, 2.24) is 4.40 Å². The van der Waals surface area contributed by atoms with Crippen LogP contribution in [0, 0.1) is 6.92 Å². The summed E-state index contributed by atoms with van der Waals surface area (Å²) in [5.41, 5.74) is 1.81. The van der Waals surface area contributed by atoms with Crippen molar-refractivity contribution in [2.75, 3.05) is 0 Å². The maximum absolute atomic E-state index is 13.2. The molecule has 0 atom stereocenters. The minimum absolute atomic E-state index is 0.0657. The van der Waals surface area contributed by atoms with Crippen LogP contribution in [-0.4, -0.2) is 29.9 Å². The fourth-order valence-corrected chi connectivity index (χ4v) is 4.63. The van der Waals surface area contributed by atoms with E-state index in [9.17, 15) is 30.3 Å². The number of benzene rings is 3. The highest BCUT2D eigenvalue weighted by Gasteiger charge is 2.24. The second-order valence-corrected chi connectivity index (χ2v) is 8.29. The second-order valence-electron chi connectivity index (χ2n) is 8.29. The van der Waals surface area contributed by atoms with Gasteiger partial charge >= 0.3 is 5.63 Å². The van der Waals surface area contributed by atoms with Crippen molar-refractivity contribution in [2.24, 2.45) is 0 Å². The molecule has 0 radical (unpaired) electrons. The first-order valence-electron chi connectivity index (χ1n) is 10.4. The van der Waals surface area contributed by atoms with Crippen molar-refractivity contribution < 1.29 is 29.9 Å². The van der Waals surface area contributed by atoms with Crippen molar-refractivity contribution in [3.8, 4) is 39.9 Å². The fourth-order valence-electron chi connectivity index (χ4n) is 4.63. The number of fused-ring (bicyclic) bond motifs is 7. The summed E-state index contributed by atoms with van der Waals surface area (Å²) >= 11 is 0. The average molecular weight is 455 g/mol. The molecule has 3 aromatic heterocycles. The summed E-state index contributed by atoms with van der Waals surface area (Å²) in [7, 11) is 0. The van der Waals surface area contributed by atoms with Crippen molar-refractivity contribution in [1.29, 1.82) is 0 Å². The van der Waals surface area contributed by atoms with Crippen molar-refractivity contribution in [3.63, 3.8) is 0 Å². The molecule has 3 heterocycles. The molecule has 0 spiro atoms. The van der Waals surface area contributed by atoms with Gasteiger partial charge in [-0.3, -0.25) is 0 Å². The first-order valence-corrected chi connectivity index (χ1v) is 10.4. The Hall–Kier alpha value is -4.85. The van der Waals surface area contributed by atoms with E-state index < -0.39 is 17.1 Å². The van der Waals surface area contributed by atoms with Gasteiger partial charge in [-0.15, -0.1) is 0 Å². The first-order chi connectivity index (χ1) is 16.2. The summed E-state index contributed by atoms with van der Waals surface area (Å²) in [5.74, 6) is -1.41. The number of nitrogens with zero attached hydrogens (tertiary/aromatic N) is 1. The van der Waals surface area contributed by atoms with Gasteiger partial charge in [0.1, 0.15) is 16.8 Å². The van der Waals surface area contributed by atoms with Crippen LogP contribution in [0.5, 0.6) is 28.7 Å². The van der Waals surface area contributed by atoms with Crippen LogP contribution in [0.1, 0.15) is 5.56 Å². The van der Waals surface area contributed by atoms with Crippen LogP contribution >= 0.6 is 0 Å². The van der Waals surface area contributed by atoms with E-state index in [0.717, 1.165) is 5.39 Å². The molecule has 34 heavy (non-hydrogen) atoms. The lowest BCUT2D eigenvalue weighted by Gasteiger charge is -2.09. The topological polar surface area (TPSA) is 136 Å². The highest BCUT2D eigenvalue weighted by atomic mass is 16.4. The quantitative estimate of drug-likeness (QED) is 0.177. The van der Waals surface area contributed by atoms with Crippen LogP contribution in [0.2, 0.25) is 0 Å². The number of hydrogen-bond acceptors (Lipinski definition) is 7. The van der Waals surface area contributed by atoms with Gasteiger partial charge in [0.05, 0.1) is 5.52 Å². The van der Waals surface area contributed by atoms with Crippen molar-refractivity contribution in [3.05, 3.63) is 70.7 Å². The van der Waals surface area contributed by atoms with Crippen LogP contribution in [-0.2, 0) is 0 Å². The molecule has 0 bridgehead atoms. The maximum atomic E-state index is 13.2. The zero-order chi connectivity index (χ0) is 23.9. The van der Waals surface area contributed by atoms with Gasteiger partial charge in [-0.05, 0) is 59.8 Å². The Labute approximate surface area is 190 Å². The molecule has 0 unspecified atom stereocenters. The van der Waals surface area contributed by atoms with E-state index in [4.69, 9.17) is 4.42 Å². The third kappa shape index (κ3) is 2.56. The van der Waals surface area contributed by atoms with Crippen LogP contribution in [0.3, 0.4) is 0 Å². The monoisotopic (exact) mass is 455 g/mol. The number of aryl methyl sites for hydroxylation is 1. The van der Waals surface area contributed by atoms with Crippen LogP contribution < -0.4 is 5.63 Å². The molecule has 0 fully saturated rings. The smallest absolute Gasteiger partial charge is 0.361 e. The molecule has 0 amide bonds. The van der Waals surface area contributed by atoms with Crippen LogP contribution in [0.4, 0.5) is 0 Å². The Kier molecular flexibility index (Phi) is 3.83. The number of hydrogen-bond donors (Lipinski definition) is 5. The van der Waals surface area contributed by atoms with Crippen molar-refractivity contribution in [2.45, 2.75) is 6.92 Å². The van der Waals surface area contributed by atoms with Gasteiger partial charge in [0.15, 0.2) is 23.0 Å². The third-order valence-electron chi connectivity index (χ3n) is 6.24. The van der Waals surface area contributed by atoms with Gasteiger partial charge in [-0.25, -0.2) is 4.79 Å². The molecule has 5 N–H and O–H groups in total. The lowest BCUT2D eigenvalue weighted by Crippen LogP contribution is -2.02. The number of phenols is 5. The standard InChI is InChI=1S/C26H17NO7/c1-11-6-12-4-5-27-24(14(12)8-17(11)29)22(13-2-3-16(28)18(30)7-13)23-15-9-19(31)20(32)10-21(15)34-26(33)25(23)27/h2-10,28-32H,1H3. The molecule has 8 nitrogen and oxygen atoms in total. The summed E-state index contributed by atoms with van der Waals surface area (Å²) in [6.07, 6.45) is 1.71. The van der Waals surface area contributed by atoms with Gasteiger partial charge in [0, 0.05) is 34.0 Å². The largest absolute Gasteiger partial charge is 0.508 e. The summed E-state index contributed by atoms with van der Waals surface area (Å²) in [5, 5.41) is 53.0. The lowest BCUT2D eigenvalue weighted by atomic mass is 9.97. The number of aromatic hydroxyl groups is 5. The summed E-state index contributed by atoms with van der Waals surface area (Å²) < 4.78 is 7.12. The number of phenolic OH excluding ortho intramolecular Hbond substituents is 5. The van der Waals surface area contributed by atoms with Gasteiger partial charge in [-0.2, -0.15) is 0 Å². The number of pyridine rings is 1. The maximum Gasteiger partial charge on any atom is 0.361 e. The van der Waals surface area contributed by atoms with Gasteiger partial charge < -0.3 is 34.4 Å². The van der Waals surface area contributed by atoms with E-state index in [2.05, 4.69) is 0 Å². The van der Waals surface area contributed by atoms with E-state index in [-0.39, 0.29) is 28.3 Å². The Bertz CT molecular complexity index is 1900. The zero-order valence-electron chi connectivity index (χ0n) is 17.7. The van der Waals surface area contributed by atoms with E-state index in [1.165, 1.54) is 24.3 Å². The van der Waals surface area contributed by atoms with E-state index in [0.29, 0.717) is 38.4 Å². The highest BCUT2D eigenvalue weighted by molar-refractivity contribution is 6.21. The third-order valence-corrected chi connectivity index (χ3v) is 6.24. The van der Waals surface area contributed by atoms with Crippen molar-refractivity contribution >= 4 is 38.2 Å². The molecule has 8 heteroatoms. The Morgan fingerprint density at radius 1 is 0.735 bits per heavy atom. The fraction of sp³-hybridized carbons (Fsp3) is 0.0385. The summed E-state index contributed by atoms with van der Waals surface area (Å²) in [4.78, 5) is 13.2. The number of aromatic nitrogens is 1. The molecule has 0 saturated carbocycles. The van der Waals surface area contributed by atoms with Gasteiger partial charge in [0.2, 0.25) is 0 Å². The minimum Gasteiger partial charge on any atom is -0.508 e. The molecule has 6 rings (SSSR count). The normalized spacial score (nSPS) is 11.8. The zero-order valence-corrected chi connectivity index (χ0v) is 17.7. The predicted molar refractivity (Wildman–Crippen MR) is 127 cm³/mol. The first kappa shape index (κ1) is 19.8. The molecule has 0 aliphatic rings. The molecular weight excluding hydrogens is 438 g/mol. The molecule has 6 aromatic rings. The minimum atomic E-state index is -0.674. The Balaban J connectivity index is 1.97. The summed E-state index contributed by atoms with van der Waals surface area (Å²) in [6, 6.07) is 12.0. The highest BCUT2D eigenvalue weighted by Crippen LogP contribution is 2.45. The van der Waals surface area contributed by atoms with Gasteiger partial charge in [0.25, 0.3) is 0 Å². The SMILES string of the molecule is Cc1cc2ccn3c(c(-c4ccc(O)c(O)c4)c4c5cc(O)c(O)cc5oc(=O)c43)c2cc1O. The van der Waals surface area contributed by atoms with E-state index in [1.807, 2.05) is 12.1 Å². The molecular formula is C26H17NO7. The van der Waals surface area contributed by atoms with Crippen LogP contribution in [0.25, 0.3) is 49.3 Å². The Morgan fingerprint density at radius 2 is 1.44 bits per heavy atom. The summed E-state index contributed by atoms with van der Waals surface area (Å²) in [6.45, 7) is 1.78. The van der Waals surface area contributed by atoms with E-state index >= 15 is 0 Å².